The first-order chi connectivity index (χ1) is 10.0. The van der Waals surface area contributed by atoms with E-state index in [9.17, 15) is 10.1 Å². The highest BCUT2D eigenvalue weighted by molar-refractivity contribution is 5.61. The molecule has 1 N–H and O–H groups in total. The Labute approximate surface area is 124 Å². The van der Waals surface area contributed by atoms with Crippen LogP contribution in [0.4, 0.5) is 11.5 Å². The number of nitrogens with one attached hydrogen (secondary N) is 1. The first-order valence-corrected chi connectivity index (χ1v) is 6.93. The van der Waals surface area contributed by atoms with Crippen LogP contribution in [0.3, 0.4) is 0 Å². The van der Waals surface area contributed by atoms with E-state index in [4.69, 9.17) is 9.47 Å². The van der Waals surface area contributed by atoms with Crippen LogP contribution in [0, 0.1) is 10.1 Å². The number of anilines is 1. The fourth-order valence-electron chi connectivity index (χ4n) is 1.66. The Morgan fingerprint density at radius 1 is 1.38 bits per heavy atom. The molecule has 0 aromatic carbocycles. The summed E-state index contributed by atoms with van der Waals surface area (Å²) in [6.07, 6.45) is 0.721. The van der Waals surface area contributed by atoms with Crippen molar-refractivity contribution in [1.29, 1.82) is 0 Å². The lowest BCUT2D eigenvalue weighted by Crippen LogP contribution is -2.13. The summed E-state index contributed by atoms with van der Waals surface area (Å²) in [7, 11) is 1.61. The van der Waals surface area contributed by atoms with E-state index in [2.05, 4.69) is 15.3 Å². The Morgan fingerprint density at radius 3 is 2.62 bits per heavy atom. The molecule has 0 amide bonds. The molecule has 0 radical (unpaired) electrons. The lowest BCUT2D eigenvalue weighted by molar-refractivity contribution is -0.385. The number of hydrogen-bond donors (Lipinski definition) is 1. The van der Waals surface area contributed by atoms with Crippen LogP contribution in [0.15, 0.2) is 0 Å². The zero-order valence-corrected chi connectivity index (χ0v) is 12.9. The maximum Gasteiger partial charge on any atom is 0.372 e. The zero-order chi connectivity index (χ0) is 15.8. The van der Waals surface area contributed by atoms with Gasteiger partial charge in [-0.2, -0.15) is 4.98 Å². The maximum atomic E-state index is 11.3. The summed E-state index contributed by atoms with van der Waals surface area (Å²) in [5.41, 5.74) is -0.223. The van der Waals surface area contributed by atoms with Gasteiger partial charge in [0.25, 0.3) is 5.88 Å². The van der Waals surface area contributed by atoms with Crippen LogP contribution in [0.1, 0.15) is 38.9 Å². The summed E-state index contributed by atoms with van der Waals surface area (Å²) in [5.74, 6) is 0.761. The van der Waals surface area contributed by atoms with Gasteiger partial charge in [0.05, 0.1) is 11.5 Å². The highest BCUT2D eigenvalue weighted by Gasteiger charge is 2.26. The van der Waals surface area contributed by atoms with Crippen LogP contribution in [-0.4, -0.2) is 41.8 Å². The van der Waals surface area contributed by atoms with Crippen molar-refractivity contribution >= 4 is 11.5 Å². The van der Waals surface area contributed by atoms with Gasteiger partial charge in [-0.15, -0.1) is 0 Å². The third-order valence-electron chi connectivity index (χ3n) is 2.67. The van der Waals surface area contributed by atoms with Gasteiger partial charge < -0.3 is 14.8 Å². The minimum Gasteiger partial charge on any atom is -0.473 e. The predicted molar refractivity (Wildman–Crippen MR) is 78.9 cm³/mol. The molecule has 1 aromatic rings. The normalized spacial score (nSPS) is 10.7. The first-order valence-electron chi connectivity index (χ1n) is 6.93. The molecular weight excluding hydrogens is 276 g/mol. The van der Waals surface area contributed by atoms with Crippen molar-refractivity contribution in [3.05, 3.63) is 15.9 Å². The Balaban J connectivity index is 3.12. The van der Waals surface area contributed by atoms with Crippen molar-refractivity contribution in [2.75, 3.05) is 32.2 Å². The SMILES string of the molecule is CCOc1nc(C(C)C)nc(NCCCOC)c1[N+](=O)[O-]. The number of rotatable bonds is 9. The van der Waals surface area contributed by atoms with Gasteiger partial charge in [-0.05, 0) is 13.3 Å². The van der Waals surface area contributed by atoms with Crippen LogP contribution in [0.5, 0.6) is 5.88 Å². The topological polar surface area (TPSA) is 99.4 Å². The smallest absolute Gasteiger partial charge is 0.372 e. The number of ether oxygens (including phenoxy) is 2. The van der Waals surface area contributed by atoms with Gasteiger partial charge >= 0.3 is 5.69 Å². The molecule has 0 saturated heterocycles. The Hall–Kier alpha value is -1.96. The van der Waals surface area contributed by atoms with Crippen molar-refractivity contribution in [2.45, 2.75) is 33.1 Å². The minimum atomic E-state index is -0.520. The number of aromatic nitrogens is 2. The fraction of sp³-hybridized carbons (Fsp3) is 0.692. The van der Waals surface area contributed by atoms with Gasteiger partial charge in [0.15, 0.2) is 0 Å². The molecule has 8 nitrogen and oxygen atoms in total. The van der Waals surface area contributed by atoms with Crippen LogP contribution < -0.4 is 10.1 Å². The predicted octanol–water partition coefficient (Wildman–Crippen LogP) is 2.36. The molecular formula is C13H22N4O4. The van der Waals surface area contributed by atoms with Crippen molar-refractivity contribution in [2.24, 2.45) is 0 Å². The van der Waals surface area contributed by atoms with E-state index < -0.39 is 4.92 Å². The molecule has 1 aromatic heterocycles. The number of nitrogens with zero attached hydrogens (tertiary/aromatic N) is 3. The third kappa shape index (κ3) is 4.82. The average molecular weight is 298 g/mol. The molecule has 0 bridgehead atoms. The number of hydrogen-bond acceptors (Lipinski definition) is 7. The van der Waals surface area contributed by atoms with Gasteiger partial charge in [0, 0.05) is 26.2 Å². The minimum absolute atomic E-state index is 0.00967. The van der Waals surface area contributed by atoms with E-state index in [0.717, 1.165) is 6.42 Å². The molecule has 0 atom stereocenters. The van der Waals surface area contributed by atoms with Crippen LogP contribution in [0.25, 0.3) is 0 Å². The van der Waals surface area contributed by atoms with Crippen LogP contribution in [0.2, 0.25) is 0 Å². The Bertz CT molecular complexity index is 479. The summed E-state index contributed by atoms with van der Waals surface area (Å²) in [4.78, 5) is 19.1. The monoisotopic (exact) mass is 298 g/mol. The van der Waals surface area contributed by atoms with Crippen LogP contribution in [-0.2, 0) is 4.74 Å². The molecule has 0 aliphatic carbocycles. The highest BCUT2D eigenvalue weighted by Crippen LogP contribution is 2.33. The average Bonchev–Trinajstić information content (AvgIpc) is 2.43. The summed E-state index contributed by atoms with van der Waals surface area (Å²) >= 11 is 0. The summed E-state index contributed by atoms with van der Waals surface area (Å²) in [5, 5.41) is 14.2. The Kier molecular flexibility index (Phi) is 6.80. The van der Waals surface area contributed by atoms with E-state index in [1.54, 1.807) is 14.0 Å². The van der Waals surface area contributed by atoms with Crippen molar-refractivity contribution in [3.63, 3.8) is 0 Å². The van der Waals surface area contributed by atoms with Gasteiger partial charge in [0.2, 0.25) is 5.82 Å². The lowest BCUT2D eigenvalue weighted by Gasteiger charge is -2.12. The highest BCUT2D eigenvalue weighted by atomic mass is 16.6. The van der Waals surface area contributed by atoms with E-state index >= 15 is 0 Å². The fourth-order valence-corrected chi connectivity index (χ4v) is 1.66. The lowest BCUT2D eigenvalue weighted by atomic mass is 10.2. The molecule has 0 fully saturated rings. The van der Waals surface area contributed by atoms with Gasteiger partial charge in [-0.1, -0.05) is 13.8 Å². The van der Waals surface area contributed by atoms with Gasteiger partial charge in [-0.3, -0.25) is 10.1 Å². The number of nitro groups is 1. The quantitative estimate of drug-likeness (QED) is 0.424. The summed E-state index contributed by atoms with van der Waals surface area (Å²) in [6, 6.07) is 0. The van der Waals surface area contributed by atoms with E-state index in [1.165, 1.54) is 0 Å². The third-order valence-corrected chi connectivity index (χ3v) is 2.67. The molecule has 0 aliphatic heterocycles. The molecule has 0 spiro atoms. The summed E-state index contributed by atoms with van der Waals surface area (Å²) < 4.78 is 10.3. The number of methoxy groups -OCH3 is 1. The molecule has 118 valence electrons. The van der Waals surface area contributed by atoms with E-state index in [0.29, 0.717) is 25.6 Å². The van der Waals surface area contributed by atoms with E-state index in [-0.39, 0.29) is 23.3 Å². The first kappa shape index (κ1) is 17.1. The molecule has 21 heavy (non-hydrogen) atoms. The largest absolute Gasteiger partial charge is 0.473 e. The van der Waals surface area contributed by atoms with E-state index in [1.807, 2.05) is 13.8 Å². The van der Waals surface area contributed by atoms with Crippen molar-refractivity contribution < 1.29 is 14.4 Å². The van der Waals surface area contributed by atoms with Gasteiger partial charge in [0.1, 0.15) is 5.82 Å². The maximum absolute atomic E-state index is 11.3. The van der Waals surface area contributed by atoms with Crippen molar-refractivity contribution in [1.82, 2.24) is 9.97 Å². The van der Waals surface area contributed by atoms with Crippen LogP contribution >= 0.6 is 0 Å². The summed E-state index contributed by atoms with van der Waals surface area (Å²) in [6.45, 7) is 7.00. The molecule has 1 rings (SSSR count). The standard InChI is InChI=1S/C13H22N4O4/c1-5-21-13-10(17(18)19)12(14-7-6-8-20-4)15-11(16-13)9(2)3/h9H,5-8H2,1-4H3,(H,14,15,16). The second-order valence-corrected chi connectivity index (χ2v) is 4.70. The van der Waals surface area contributed by atoms with Gasteiger partial charge in [-0.25, -0.2) is 4.98 Å². The van der Waals surface area contributed by atoms with Crippen molar-refractivity contribution in [3.8, 4) is 5.88 Å². The zero-order valence-electron chi connectivity index (χ0n) is 12.9. The molecule has 8 heteroatoms. The Morgan fingerprint density at radius 2 is 2.10 bits per heavy atom. The molecule has 0 saturated carbocycles. The second kappa shape index (κ2) is 8.35. The molecule has 0 unspecified atom stereocenters. The molecule has 0 aliphatic rings. The second-order valence-electron chi connectivity index (χ2n) is 4.70. The molecule has 1 heterocycles.